The second-order valence-electron chi connectivity index (χ2n) is 20.4. The zero-order valence-electron chi connectivity index (χ0n) is 47.1. The minimum Gasteiger partial charge on any atom is -0.394 e. The molecule has 1 heterocycles. The van der Waals surface area contributed by atoms with Crippen LogP contribution < -0.4 is 5.32 Å². The van der Waals surface area contributed by atoms with Gasteiger partial charge in [0.25, 0.3) is 0 Å². The van der Waals surface area contributed by atoms with Gasteiger partial charge in [0.05, 0.1) is 25.4 Å². The van der Waals surface area contributed by atoms with E-state index in [1.54, 1.807) is 6.08 Å². The van der Waals surface area contributed by atoms with E-state index in [1.807, 2.05) is 6.08 Å². The predicted octanol–water partition coefficient (Wildman–Crippen LogP) is 15.3. The van der Waals surface area contributed by atoms with Crippen molar-refractivity contribution in [3.8, 4) is 0 Å². The van der Waals surface area contributed by atoms with E-state index in [-0.39, 0.29) is 12.5 Å². The highest BCUT2D eigenvalue weighted by Gasteiger charge is 2.44. The lowest BCUT2D eigenvalue weighted by atomic mass is 9.99. The first kappa shape index (κ1) is 68.9. The fourth-order valence-electron chi connectivity index (χ4n) is 8.86. The Hall–Kier alpha value is -3.15. The third kappa shape index (κ3) is 42.0. The van der Waals surface area contributed by atoms with Gasteiger partial charge in [-0.05, 0) is 89.9 Å². The Labute approximate surface area is 453 Å². The van der Waals surface area contributed by atoms with E-state index >= 15 is 0 Å². The van der Waals surface area contributed by atoms with E-state index < -0.39 is 49.5 Å². The monoisotopic (exact) mass is 1030 g/mol. The molecule has 9 heteroatoms. The molecule has 424 valence electrons. The first-order valence-electron chi connectivity index (χ1n) is 30.1. The molecule has 7 unspecified atom stereocenters. The fraction of sp³-hybridized carbons (Fsp3) is 0.708. The molecular formula is C65H111NO8. The smallest absolute Gasteiger partial charge is 0.220 e. The Morgan fingerprint density at radius 2 is 0.851 bits per heavy atom. The molecule has 0 spiro atoms. The van der Waals surface area contributed by atoms with Gasteiger partial charge in [0.15, 0.2) is 6.29 Å². The zero-order chi connectivity index (χ0) is 53.6. The van der Waals surface area contributed by atoms with Gasteiger partial charge < -0.3 is 40.3 Å². The Balaban J connectivity index is 2.26. The number of hydrogen-bond acceptors (Lipinski definition) is 8. The quantitative estimate of drug-likeness (QED) is 0.0261. The van der Waals surface area contributed by atoms with Crippen LogP contribution in [0.25, 0.3) is 0 Å². The highest BCUT2D eigenvalue weighted by atomic mass is 16.7. The Kier molecular flexibility index (Phi) is 49.6. The van der Waals surface area contributed by atoms with Crippen LogP contribution in [0.5, 0.6) is 0 Å². The molecule has 0 aliphatic carbocycles. The molecule has 0 aromatic rings. The lowest BCUT2D eigenvalue weighted by Crippen LogP contribution is -2.60. The Morgan fingerprint density at radius 1 is 0.473 bits per heavy atom. The summed E-state index contributed by atoms with van der Waals surface area (Å²) in [7, 11) is 0. The van der Waals surface area contributed by atoms with E-state index in [2.05, 4.69) is 116 Å². The maximum Gasteiger partial charge on any atom is 0.220 e. The minimum absolute atomic E-state index is 0.201. The topological polar surface area (TPSA) is 149 Å². The number of carbonyl (C=O) groups is 1. The average molecular weight is 1030 g/mol. The number of carbonyl (C=O) groups excluding carboxylic acids is 1. The molecule has 1 aliphatic heterocycles. The van der Waals surface area contributed by atoms with Crippen molar-refractivity contribution in [2.45, 2.75) is 281 Å². The molecule has 0 radical (unpaired) electrons. The summed E-state index contributed by atoms with van der Waals surface area (Å²) in [6.45, 7) is 3.65. The van der Waals surface area contributed by atoms with Gasteiger partial charge in [-0.1, -0.05) is 252 Å². The number of aliphatic hydroxyl groups excluding tert-OH is 5. The van der Waals surface area contributed by atoms with Crippen LogP contribution in [0, 0.1) is 0 Å². The number of unbranched alkanes of at least 4 members (excludes halogenated alkanes) is 24. The number of nitrogens with one attached hydrogen (secondary N) is 1. The third-order valence-corrected chi connectivity index (χ3v) is 13.6. The van der Waals surface area contributed by atoms with Crippen LogP contribution >= 0.6 is 0 Å². The van der Waals surface area contributed by atoms with Crippen molar-refractivity contribution < 1.29 is 39.8 Å². The molecule has 9 nitrogen and oxygen atoms in total. The van der Waals surface area contributed by atoms with Gasteiger partial charge in [-0.2, -0.15) is 0 Å². The van der Waals surface area contributed by atoms with Gasteiger partial charge in [-0.25, -0.2) is 0 Å². The third-order valence-electron chi connectivity index (χ3n) is 13.6. The van der Waals surface area contributed by atoms with Crippen LogP contribution in [0.2, 0.25) is 0 Å². The number of amides is 1. The average Bonchev–Trinajstić information content (AvgIpc) is 3.40. The van der Waals surface area contributed by atoms with Gasteiger partial charge in [0.1, 0.15) is 24.4 Å². The van der Waals surface area contributed by atoms with Gasteiger partial charge in [-0.15, -0.1) is 0 Å². The summed E-state index contributed by atoms with van der Waals surface area (Å²) in [6, 6.07) is -0.837. The van der Waals surface area contributed by atoms with Crippen molar-refractivity contribution in [1.29, 1.82) is 0 Å². The van der Waals surface area contributed by atoms with Crippen LogP contribution in [-0.4, -0.2) is 87.5 Å². The number of ether oxygens (including phenoxy) is 2. The summed E-state index contributed by atoms with van der Waals surface area (Å²) in [5.74, 6) is -0.201. The molecule has 0 bridgehead atoms. The molecule has 1 amide bonds. The Morgan fingerprint density at radius 3 is 1.30 bits per heavy atom. The van der Waals surface area contributed by atoms with Crippen molar-refractivity contribution in [2.24, 2.45) is 0 Å². The molecule has 0 saturated carbocycles. The first-order chi connectivity index (χ1) is 36.3. The molecule has 0 aromatic heterocycles. The van der Waals surface area contributed by atoms with Crippen molar-refractivity contribution in [1.82, 2.24) is 5.32 Å². The molecule has 7 atom stereocenters. The lowest BCUT2D eigenvalue weighted by molar-refractivity contribution is -0.302. The van der Waals surface area contributed by atoms with E-state index in [9.17, 15) is 30.3 Å². The van der Waals surface area contributed by atoms with Gasteiger partial charge >= 0.3 is 0 Å². The highest BCUT2D eigenvalue weighted by Crippen LogP contribution is 2.23. The van der Waals surface area contributed by atoms with E-state index in [0.29, 0.717) is 6.42 Å². The number of rotatable bonds is 50. The number of aliphatic hydroxyl groups is 5. The second-order valence-corrected chi connectivity index (χ2v) is 20.4. The standard InChI is InChI=1S/C65H111NO8/c1-3-5-7-9-11-13-15-17-19-21-23-25-27-28-29-30-31-32-33-35-37-39-41-43-45-47-49-51-53-55-61(69)66-58(57-73-65-64(72)63(71)62(70)60(56-67)74-65)59(68)54-52-50-48-46-44-42-40-38-36-34-26-24-22-20-18-16-14-12-10-8-6-4-2/h5,7,11,13,17,19,23,25,28-29,31-32,35,37,44,46,52,54,58-60,62-65,67-68,70-72H,3-4,6,8-10,12,14-16,18,20-22,24,26-27,30,33-34,36,38-43,45,47-51,53,55-57H2,1-2H3,(H,66,69)/b7-5-,13-11-,19-17-,25-23-,29-28-,32-31-,37-35-,46-44+,54-52+. The van der Waals surface area contributed by atoms with Crippen LogP contribution in [0.1, 0.15) is 239 Å². The lowest BCUT2D eigenvalue weighted by Gasteiger charge is -2.40. The van der Waals surface area contributed by atoms with Crippen molar-refractivity contribution in [2.75, 3.05) is 13.2 Å². The van der Waals surface area contributed by atoms with Crippen LogP contribution in [0.4, 0.5) is 0 Å². The number of hydrogen-bond donors (Lipinski definition) is 6. The normalized spacial score (nSPS) is 19.8. The van der Waals surface area contributed by atoms with E-state index in [4.69, 9.17) is 9.47 Å². The van der Waals surface area contributed by atoms with E-state index in [1.165, 1.54) is 122 Å². The van der Waals surface area contributed by atoms with Crippen molar-refractivity contribution >= 4 is 5.91 Å². The van der Waals surface area contributed by atoms with Crippen molar-refractivity contribution in [3.63, 3.8) is 0 Å². The van der Waals surface area contributed by atoms with Gasteiger partial charge in [0.2, 0.25) is 5.91 Å². The summed E-state index contributed by atoms with van der Waals surface area (Å²) in [5.41, 5.74) is 0. The maximum atomic E-state index is 13.1. The molecule has 74 heavy (non-hydrogen) atoms. The summed E-state index contributed by atoms with van der Waals surface area (Å²) < 4.78 is 11.3. The molecule has 1 saturated heterocycles. The van der Waals surface area contributed by atoms with Gasteiger partial charge in [0, 0.05) is 6.42 Å². The molecule has 1 aliphatic rings. The van der Waals surface area contributed by atoms with Crippen LogP contribution in [0.3, 0.4) is 0 Å². The fourth-order valence-corrected chi connectivity index (χ4v) is 8.86. The Bertz CT molecular complexity index is 1530. The molecule has 0 aromatic carbocycles. The predicted molar refractivity (Wildman–Crippen MR) is 313 cm³/mol. The van der Waals surface area contributed by atoms with Crippen LogP contribution in [0.15, 0.2) is 109 Å². The molecule has 6 N–H and O–H groups in total. The number of allylic oxidation sites excluding steroid dienone is 17. The summed E-state index contributed by atoms with van der Waals surface area (Å²) in [5, 5.41) is 54.5. The molecular weight excluding hydrogens is 923 g/mol. The summed E-state index contributed by atoms with van der Waals surface area (Å²) in [6.07, 6.45) is 71.5. The highest BCUT2D eigenvalue weighted by molar-refractivity contribution is 5.76. The van der Waals surface area contributed by atoms with E-state index in [0.717, 1.165) is 96.3 Å². The zero-order valence-corrected chi connectivity index (χ0v) is 47.1. The maximum absolute atomic E-state index is 13.1. The second kappa shape index (κ2) is 53.3. The molecule has 1 rings (SSSR count). The SMILES string of the molecule is CC/C=C\C/C=C\C/C=C\C/C=C\C/C=C\C/C=C\C/C=C\CCCCCCCCCC(=O)NC(COC1OC(CO)C(O)C(O)C1O)C(O)/C=C/CC/C=C/CCCCCCCCCCCCCCCCCC. The summed E-state index contributed by atoms with van der Waals surface area (Å²) in [4.78, 5) is 13.1. The first-order valence-corrected chi connectivity index (χ1v) is 30.1. The minimum atomic E-state index is -1.58. The summed E-state index contributed by atoms with van der Waals surface area (Å²) >= 11 is 0. The largest absolute Gasteiger partial charge is 0.394 e. The van der Waals surface area contributed by atoms with Gasteiger partial charge in [-0.3, -0.25) is 4.79 Å². The van der Waals surface area contributed by atoms with Crippen LogP contribution in [-0.2, 0) is 14.3 Å². The molecule has 1 fully saturated rings. The van der Waals surface area contributed by atoms with Crippen molar-refractivity contribution in [3.05, 3.63) is 109 Å².